The van der Waals surface area contributed by atoms with E-state index in [1.54, 1.807) is 65.3 Å². The fourth-order valence-corrected chi connectivity index (χ4v) is 7.00. The van der Waals surface area contributed by atoms with Gasteiger partial charge < -0.3 is 46.7 Å². The number of hydrogen-bond acceptors (Lipinski definition) is 13. The molecule has 6 aromatic rings. The summed E-state index contributed by atoms with van der Waals surface area (Å²) in [6, 6.07) is 15.6. The van der Waals surface area contributed by atoms with Crippen LogP contribution in [0.3, 0.4) is 0 Å². The molecule has 8 N–H and O–H groups in total. The summed E-state index contributed by atoms with van der Waals surface area (Å²) >= 11 is 6.17. The highest BCUT2D eigenvalue weighted by Gasteiger charge is 2.24. The predicted molar refractivity (Wildman–Crippen MR) is 239 cm³/mol. The molecule has 0 bridgehead atoms. The monoisotopic (exact) mass is 877 g/mol. The summed E-state index contributed by atoms with van der Waals surface area (Å²) in [5.41, 5.74) is 16.4. The number of nitrogens with zero attached hydrogens (tertiary/aromatic N) is 8. The molecule has 0 fully saturated rings. The number of imidazole rings is 1. The van der Waals surface area contributed by atoms with Crippen LogP contribution >= 0.6 is 11.6 Å². The van der Waals surface area contributed by atoms with Crippen LogP contribution in [0.25, 0.3) is 28.1 Å². The van der Waals surface area contributed by atoms with Gasteiger partial charge in [0.2, 0.25) is 23.7 Å². The molecule has 1 atom stereocenters. The first-order valence-corrected chi connectivity index (χ1v) is 20.6. The van der Waals surface area contributed by atoms with Gasteiger partial charge in [-0.25, -0.2) is 19.7 Å². The lowest BCUT2D eigenvalue weighted by Gasteiger charge is -2.21. The number of amides is 4. The van der Waals surface area contributed by atoms with Gasteiger partial charge in [-0.15, -0.1) is 0 Å². The second-order valence-corrected chi connectivity index (χ2v) is 15.2. The zero-order valence-electron chi connectivity index (χ0n) is 35.0. The number of nitrogen functional groups attached to an aromatic ring is 2. The van der Waals surface area contributed by atoms with Gasteiger partial charge in [0.15, 0.2) is 22.6 Å². The van der Waals surface area contributed by atoms with Crippen LogP contribution in [0.4, 0.5) is 23.1 Å². The second kappa shape index (κ2) is 20.4. The van der Waals surface area contributed by atoms with Crippen LogP contribution in [-0.2, 0) is 32.1 Å². The SMILES string of the molecule is CCCN(CCC)C(=O)Cc1c(-c2ccc(Cl)cc2)nc2c(NC(=O)CNC(=O)CCC(NC(=O)c3ccc(N(C)Cc4cnc5nc(N)nc(N)c5n4)cc3)C(=O)O)cccn12. The fourth-order valence-electron chi connectivity index (χ4n) is 6.87. The van der Waals surface area contributed by atoms with Crippen molar-refractivity contribution in [2.75, 3.05) is 48.4 Å². The standard InChI is InChI=1S/C43H48ClN13O6/c1-4-18-56(19-5-2)35(60)21-32-36(25-8-12-27(44)13-9-25)52-40-30(7-6-20-57(32)40)50-34(59)23-47-33(58)17-16-31(42(62)63)51-41(61)26-10-14-29(15-11-26)55(3)24-28-22-48-39-37(49-28)38(45)53-43(46)54-39/h6-15,20,22,31H,4-5,16-19,21,23-24H2,1-3H3,(H,47,58)(H,50,59)(H,51,61)(H,62,63)(H4,45,46,48,53,54). The van der Waals surface area contributed by atoms with Gasteiger partial charge in [0.25, 0.3) is 5.91 Å². The average Bonchev–Trinajstić information content (AvgIpc) is 3.63. The first-order valence-electron chi connectivity index (χ1n) is 20.2. The molecule has 20 heteroatoms. The van der Waals surface area contributed by atoms with Crippen molar-refractivity contribution in [2.24, 2.45) is 0 Å². The molecule has 328 valence electrons. The van der Waals surface area contributed by atoms with Crippen molar-refractivity contribution in [3.8, 4) is 11.3 Å². The summed E-state index contributed by atoms with van der Waals surface area (Å²) in [7, 11) is 1.81. The lowest BCUT2D eigenvalue weighted by molar-refractivity contribution is -0.139. The van der Waals surface area contributed by atoms with Crippen molar-refractivity contribution >= 4 is 81.2 Å². The van der Waals surface area contributed by atoms with Gasteiger partial charge in [0.1, 0.15) is 6.04 Å². The van der Waals surface area contributed by atoms with E-state index in [1.165, 1.54) is 0 Å². The maximum absolute atomic E-state index is 13.5. The van der Waals surface area contributed by atoms with Gasteiger partial charge in [0.05, 0.1) is 48.5 Å². The third-order valence-electron chi connectivity index (χ3n) is 9.98. The first-order chi connectivity index (χ1) is 30.2. The van der Waals surface area contributed by atoms with E-state index in [0.29, 0.717) is 58.6 Å². The number of hydrogen-bond donors (Lipinski definition) is 6. The van der Waals surface area contributed by atoms with E-state index in [0.717, 1.165) is 24.1 Å². The Bertz CT molecular complexity index is 2630. The highest BCUT2D eigenvalue weighted by molar-refractivity contribution is 6.30. The van der Waals surface area contributed by atoms with Gasteiger partial charge in [-0.05, 0) is 67.8 Å². The Morgan fingerprint density at radius 1 is 0.905 bits per heavy atom. The summed E-state index contributed by atoms with van der Waals surface area (Å²) < 4.78 is 1.77. The third kappa shape index (κ3) is 11.3. The number of nitrogens with one attached hydrogen (secondary N) is 3. The van der Waals surface area contributed by atoms with E-state index >= 15 is 0 Å². The Labute approximate surface area is 367 Å². The minimum absolute atomic E-state index is 0.00378. The van der Waals surface area contributed by atoms with Gasteiger partial charge >= 0.3 is 5.97 Å². The lowest BCUT2D eigenvalue weighted by atomic mass is 10.1. The molecule has 4 heterocycles. The molecule has 6 rings (SSSR count). The van der Waals surface area contributed by atoms with E-state index in [-0.39, 0.29) is 48.1 Å². The van der Waals surface area contributed by atoms with Crippen LogP contribution in [0, 0.1) is 0 Å². The Morgan fingerprint density at radius 3 is 2.30 bits per heavy atom. The summed E-state index contributed by atoms with van der Waals surface area (Å²) in [6.45, 7) is 5.21. The highest BCUT2D eigenvalue weighted by atomic mass is 35.5. The molecule has 0 aliphatic carbocycles. The van der Waals surface area contributed by atoms with Gasteiger partial charge in [-0.2, -0.15) is 9.97 Å². The maximum atomic E-state index is 13.5. The molecule has 4 aromatic heterocycles. The number of rotatable bonds is 19. The average molecular weight is 878 g/mol. The summed E-state index contributed by atoms with van der Waals surface area (Å²) in [5.74, 6) is -3.07. The number of nitrogens with two attached hydrogens (primary N) is 2. The number of pyridine rings is 1. The number of carbonyl (C=O) groups excluding carboxylic acids is 4. The van der Waals surface area contributed by atoms with Crippen molar-refractivity contribution in [3.63, 3.8) is 0 Å². The van der Waals surface area contributed by atoms with Crippen LogP contribution in [0.1, 0.15) is 61.3 Å². The van der Waals surface area contributed by atoms with Gasteiger partial charge in [-0.1, -0.05) is 37.6 Å². The van der Waals surface area contributed by atoms with Crippen LogP contribution in [0.5, 0.6) is 0 Å². The maximum Gasteiger partial charge on any atom is 0.326 e. The van der Waals surface area contributed by atoms with Gasteiger partial charge in [0, 0.05) is 54.6 Å². The molecule has 0 saturated carbocycles. The normalized spacial score (nSPS) is 11.6. The van der Waals surface area contributed by atoms with Crippen molar-refractivity contribution < 1.29 is 29.1 Å². The van der Waals surface area contributed by atoms with E-state index in [9.17, 15) is 29.1 Å². The molecule has 0 spiro atoms. The number of carboxylic acids is 1. The van der Waals surface area contributed by atoms with Crippen LogP contribution < -0.4 is 32.3 Å². The molecule has 2 aromatic carbocycles. The molecule has 0 aliphatic heterocycles. The van der Waals surface area contributed by atoms with E-state index in [4.69, 9.17) is 28.1 Å². The van der Waals surface area contributed by atoms with Crippen LogP contribution in [0.2, 0.25) is 5.02 Å². The largest absolute Gasteiger partial charge is 0.480 e. The molecule has 1 unspecified atom stereocenters. The first kappa shape index (κ1) is 45.1. The van der Waals surface area contributed by atoms with Gasteiger partial charge in [-0.3, -0.25) is 19.2 Å². The quantitative estimate of drug-likeness (QED) is 0.0669. The number of carbonyl (C=O) groups is 5. The summed E-state index contributed by atoms with van der Waals surface area (Å²) in [4.78, 5) is 89.9. The molecular formula is C43H48ClN13O6. The van der Waals surface area contributed by atoms with E-state index in [1.807, 2.05) is 42.8 Å². The Kier molecular flexibility index (Phi) is 14.6. The number of aromatic nitrogens is 6. The molecule has 19 nitrogen and oxygen atoms in total. The molecule has 63 heavy (non-hydrogen) atoms. The number of fused-ring (bicyclic) bond motifs is 2. The lowest BCUT2D eigenvalue weighted by Crippen LogP contribution is -2.42. The van der Waals surface area contributed by atoms with Crippen LogP contribution in [-0.4, -0.2) is 102 Å². The third-order valence-corrected chi connectivity index (χ3v) is 10.2. The van der Waals surface area contributed by atoms with Crippen molar-refractivity contribution in [1.29, 1.82) is 0 Å². The van der Waals surface area contributed by atoms with Crippen molar-refractivity contribution in [1.82, 2.24) is 44.9 Å². The Hall–Kier alpha value is -7.41. The molecule has 0 radical (unpaired) electrons. The Balaban J connectivity index is 1.03. The predicted octanol–water partition coefficient (Wildman–Crippen LogP) is 4.10. The number of anilines is 4. The zero-order valence-corrected chi connectivity index (χ0v) is 35.7. The number of halogens is 1. The summed E-state index contributed by atoms with van der Waals surface area (Å²) in [5, 5.41) is 18.2. The van der Waals surface area contributed by atoms with Crippen LogP contribution in [0.15, 0.2) is 73.1 Å². The number of aliphatic carboxylic acids is 1. The minimum atomic E-state index is -1.39. The van der Waals surface area contributed by atoms with E-state index < -0.39 is 36.3 Å². The zero-order chi connectivity index (χ0) is 45.2. The molecule has 0 aliphatic rings. The molecule has 0 saturated heterocycles. The Morgan fingerprint density at radius 2 is 1.62 bits per heavy atom. The van der Waals surface area contributed by atoms with E-state index in [2.05, 4.69) is 35.9 Å². The topological polar surface area (TPSA) is 269 Å². The molecule has 4 amide bonds. The minimum Gasteiger partial charge on any atom is -0.480 e. The number of benzene rings is 2. The second-order valence-electron chi connectivity index (χ2n) is 14.7. The van der Waals surface area contributed by atoms with Crippen molar-refractivity contribution in [3.05, 3.63) is 95.0 Å². The number of carboxylic acid groups (broad SMARTS) is 1. The van der Waals surface area contributed by atoms with Crippen molar-refractivity contribution in [2.45, 2.75) is 58.5 Å². The molecular weight excluding hydrogens is 830 g/mol. The fraction of sp³-hybridized carbons (Fsp3) is 0.302. The summed E-state index contributed by atoms with van der Waals surface area (Å²) in [6.07, 6.45) is 4.50. The highest BCUT2D eigenvalue weighted by Crippen LogP contribution is 2.30. The smallest absolute Gasteiger partial charge is 0.326 e.